The van der Waals surface area contributed by atoms with Crippen molar-refractivity contribution < 1.29 is 0 Å². The highest BCUT2D eigenvalue weighted by atomic mass is 15.1. The van der Waals surface area contributed by atoms with Crippen LogP contribution < -0.4 is 0 Å². The molecule has 0 fully saturated rings. The van der Waals surface area contributed by atoms with Gasteiger partial charge in [-0.1, -0.05) is 17.7 Å². The molecule has 1 unspecified atom stereocenters. The van der Waals surface area contributed by atoms with Gasteiger partial charge in [-0.3, -0.25) is 4.98 Å². The SMILES string of the molecule is Cc1ccc2c(c1)c1c3n2CC(c2cc(C)nc(C)c2)=CC3CN(C)C1. The fourth-order valence-corrected chi connectivity index (χ4v) is 4.88. The quantitative estimate of drug-likeness (QED) is 0.644. The summed E-state index contributed by atoms with van der Waals surface area (Å²) < 4.78 is 2.57. The summed E-state index contributed by atoms with van der Waals surface area (Å²) in [6.45, 7) is 9.47. The molecule has 0 spiro atoms. The molecule has 2 aliphatic rings. The van der Waals surface area contributed by atoms with Gasteiger partial charge in [0.05, 0.1) is 0 Å². The molecule has 0 saturated heterocycles. The third-order valence-corrected chi connectivity index (χ3v) is 5.84. The highest BCUT2D eigenvalue weighted by Crippen LogP contribution is 2.42. The summed E-state index contributed by atoms with van der Waals surface area (Å²) in [7, 11) is 2.24. The Balaban J connectivity index is 1.73. The molecule has 5 rings (SSSR count). The maximum Gasteiger partial charge on any atom is 0.0489 e. The first kappa shape index (κ1) is 15.8. The molecule has 0 bridgehead atoms. The summed E-state index contributed by atoms with van der Waals surface area (Å²) >= 11 is 0. The molecule has 2 aliphatic heterocycles. The van der Waals surface area contributed by atoms with E-state index in [1.807, 2.05) is 0 Å². The highest BCUT2D eigenvalue weighted by molar-refractivity contribution is 5.88. The number of likely N-dealkylation sites (N-methyl/N-ethyl adjacent to an activating group) is 1. The molecule has 2 aromatic heterocycles. The zero-order valence-corrected chi connectivity index (χ0v) is 16.0. The molecule has 4 heterocycles. The van der Waals surface area contributed by atoms with E-state index in [1.54, 1.807) is 0 Å². The number of fused-ring (bicyclic) bond motifs is 3. The first-order valence-corrected chi connectivity index (χ1v) is 9.46. The van der Waals surface area contributed by atoms with Crippen LogP contribution in [0.1, 0.15) is 39.7 Å². The van der Waals surface area contributed by atoms with Gasteiger partial charge in [0.1, 0.15) is 0 Å². The summed E-state index contributed by atoms with van der Waals surface area (Å²) in [5.41, 5.74) is 10.7. The zero-order chi connectivity index (χ0) is 18.0. The molecule has 132 valence electrons. The lowest BCUT2D eigenvalue weighted by Gasteiger charge is -2.34. The molecule has 3 nitrogen and oxygen atoms in total. The van der Waals surface area contributed by atoms with Crippen LogP contribution >= 0.6 is 0 Å². The van der Waals surface area contributed by atoms with Gasteiger partial charge in [-0.05, 0) is 68.8 Å². The first-order valence-electron chi connectivity index (χ1n) is 9.46. The summed E-state index contributed by atoms with van der Waals surface area (Å²) in [5, 5.41) is 1.44. The van der Waals surface area contributed by atoms with Gasteiger partial charge in [0, 0.05) is 53.5 Å². The van der Waals surface area contributed by atoms with E-state index in [2.05, 4.69) is 78.7 Å². The summed E-state index contributed by atoms with van der Waals surface area (Å²) in [5.74, 6) is 0.467. The van der Waals surface area contributed by atoms with E-state index in [0.717, 1.165) is 31.0 Å². The number of allylic oxidation sites excluding steroid dienone is 1. The maximum absolute atomic E-state index is 4.56. The van der Waals surface area contributed by atoms with Gasteiger partial charge in [-0.2, -0.15) is 0 Å². The Morgan fingerprint density at radius 1 is 1.00 bits per heavy atom. The molecule has 0 N–H and O–H groups in total. The van der Waals surface area contributed by atoms with Crippen molar-refractivity contribution in [1.29, 1.82) is 0 Å². The van der Waals surface area contributed by atoms with Crippen LogP contribution in [0.15, 0.2) is 36.4 Å². The second-order valence-electron chi connectivity index (χ2n) is 8.10. The molecule has 1 atom stereocenters. The number of nitrogens with zero attached hydrogens (tertiary/aromatic N) is 3. The van der Waals surface area contributed by atoms with Crippen molar-refractivity contribution in [1.82, 2.24) is 14.5 Å². The number of aromatic nitrogens is 2. The summed E-state index contributed by atoms with van der Waals surface area (Å²) in [6.07, 6.45) is 2.51. The van der Waals surface area contributed by atoms with E-state index in [4.69, 9.17) is 0 Å². The largest absolute Gasteiger partial charge is 0.339 e. The van der Waals surface area contributed by atoms with Crippen molar-refractivity contribution in [2.24, 2.45) is 0 Å². The summed E-state index contributed by atoms with van der Waals surface area (Å²) in [4.78, 5) is 7.02. The monoisotopic (exact) mass is 343 g/mol. The van der Waals surface area contributed by atoms with Gasteiger partial charge in [0.15, 0.2) is 0 Å². The van der Waals surface area contributed by atoms with Crippen molar-refractivity contribution in [2.45, 2.75) is 39.8 Å². The Labute approximate surface area is 155 Å². The Bertz CT molecular complexity index is 1050. The van der Waals surface area contributed by atoms with E-state index in [-0.39, 0.29) is 0 Å². The third-order valence-electron chi connectivity index (χ3n) is 5.84. The van der Waals surface area contributed by atoms with Gasteiger partial charge >= 0.3 is 0 Å². The molecule has 0 amide bonds. The minimum Gasteiger partial charge on any atom is -0.339 e. The second-order valence-corrected chi connectivity index (χ2v) is 8.10. The van der Waals surface area contributed by atoms with Crippen molar-refractivity contribution in [3.05, 3.63) is 70.2 Å². The molecule has 0 aliphatic carbocycles. The van der Waals surface area contributed by atoms with Crippen molar-refractivity contribution >= 4 is 16.5 Å². The fourth-order valence-electron chi connectivity index (χ4n) is 4.88. The molecule has 0 saturated carbocycles. The van der Waals surface area contributed by atoms with Gasteiger partial charge in [-0.15, -0.1) is 0 Å². The average molecular weight is 343 g/mol. The molecule has 26 heavy (non-hydrogen) atoms. The Morgan fingerprint density at radius 3 is 2.54 bits per heavy atom. The van der Waals surface area contributed by atoms with Crippen molar-refractivity contribution in [3.8, 4) is 0 Å². The number of benzene rings is 1. The van der Waals surface area contributed by atoms with Crippen LogP contribution in [0.2, 0.25) is 0 Å². The van der Waals surface area contributed by atoms with Crippen molar-refractivity contribution in [2.75, 3.05) is 13.6 Å². The third kappa shape index (κ3) is 2.34. The topological polar surface area (TPSA) is 21.1 Å². The normalized spacial score (nSPS) is 19.5. The van der Waals surface area contributed by atoms with Crippen LogP contribution in [-0.4, -0.2) is 28.0 Å². The van der Waals surface area contributed by atoms with Gasteiger partial charge in [-0.25, -0.2) is 0 Å². The minimum atomic E-state index is 0.467. The van der Waals surface area contributed by atoms with Crippen LogP contribution in [0.25, 0.3) is 16.5 Å². The predicted octanol–water partition coefficient (Wildman–Crippen LogP) is 4.59. The van der Waals surface area contributed by atoms with Crippen molar-refractivity contribution in [3.63, 3.8) is 0 Å². The Hall–Kier alpha value is -2.39. The second kappa shape index (κ2) is 5.55. The average Bonchev–Trinajstić information content (AvgIpc) is 2.88. The predicted molar refractivity (Wildman–Crippen MR) is 107 cm³/mol. The molecule has 3 aromatic rings. The van der Waals surface area contributed by atoms with Gasteiger partial charge in [0.2, 0.25) is 0 Å². The minimum absolute atomic E-state index is 0.467. The van der Waals surface area contributed by atoms with Crippen LogP contribution in [0.5, 0.6) is 0 Å². The fraction of sp³-hybridized carbons (Fsp3) is 0.348. The number of pyridine rings is 1. The molecule has 3 heteroatoms. The number of hydrogen-bond acceptors (Lipinski definition) is 2. The van der Waals surface area contributed by atoms with Crippen LogP contribution in [-0.2, 0) is 13.1 Å². The lowest BCUT2D eigenvalue weighted by atomic mass is 9.89. The standard InChI is InChI=1S/C23H25N3/c1-14-5-6-22-20(7-14)21-13-25(4)11-19-10-18(12-26(22)23(19)21)17-8-15(2)24-16(3)9-17/h5-10,19H,11-13H2,1-4H3. The first-order chi connectivity index (χ1) is 12.5. The lowest BCUT2D eigenvalue weighted by molar-refractivity contribution is 0.292. The highest BCUT2D eigenvalue weighted by Gasteiger charge is 2.32. The van der Waals surface area contributed by atoms with Crippen LogP contribution in [0, 0.1) is 20.8 Å². The van der Waals surface area contributed by atoms with Gasteiger partial charge < -0.3 is 9.47 Å². The molecular formula is C23H25N3. The Kier molecular flexibility index (Phi) is 3.38. The molecule has 1 aromatic carbocycles. The van der Waals surface area contributed by atoms with Crippen LogP contribution in [0.3, 0.4) is 0 Å². The van der Waals surface area contributed by atoms with Crippen LogP contribution in [0.4, 0.5) is 0 Å². The van der Waals surface area contributed by atoms with E-state index in [1.165, 1.54) is 38.9 Å². The van der Waals surface area contributed by atoms with E-state index < -0.39 is 0 Å². The van der Waals surface area contributed by atoms with E-state index in [9.17, 15) is 0 Å². The zero-order valence-electron chi connectivity index (χ0n) is 16.0. The maximum atomic E-state index is 4.56. The lowest BCUT2D eigenvalue weighted by Crippen LogP contribution is -2.32. The number of aryl methyl sites for hydroxylation is 3. The smallest absolute Gasteiger partial charge is 0.0489 e. The Morgan fingerprint density at radius 2 is 1.77 bits per heavy atom. The molecule has 0 radical (unpaired) electrons. The number of rotatable bonds is 1. The number of hydrogen-bond donors (Lipinski definition) is 0. The van der Waals surface area contributed by atoms with E-state index >= 15 is 0 Å². The van der Waals surface area contributed by atoms with E-state index in [0.29, 0.717) is 5.92 Å². The van der Waals surface area contributed by atoms with Gasteiger partial charge in [0.25, 0.3) is 0 Å². The molecular weight excluding hydrogens is 318 g/mol. The summed E-state index contributed by atoms with van der Waals surface area (Å²) in [6, 6.07) is 11.4.